The number of benzene rings is 1. The Morgan fingerprint density at radius 2 is 1.90 bits per heavy atom. The zero-order chi connectivity index (χ0) is 16.0. The van der Waals surface area contributed by atoms with Crippen molar-refractivity contribution in [1.29, 1.82) is 0 Å². The van der Waals surface area contributed by atoms with Crippen molar-refractivity contribution in [3.05, 3.63) is 28.8 Å². The summed E-state index contributed by atoms with van der Waals surface area (Å²) in [5.74, 6) is -0.575. The summed E-state index contributed by atoms with van der Waals surface area (Å²) >= 11 is 5.94. The molecule has 1 N–H and O–H groups in total. The number of hydrogen-bond acceptors (Lipinski definition) is 4. The van der Waals surface area contributed by atoms with Crippen LogP contribution in [-0.2, 0) is 14.3 Å². The van der Waals surface area contributed by atoms with Gasteiger partial charge in [0, 0.05) is 5.54 Å². The minimum Gasteiger partial charge on any atom is -0.480 e. The molecule has 0 spiro atoms. The highest BCUT2D eigenvalue weighted by Crippen LogP contribution is 2.25. The van der Waals surface area contributed by atoms with Gasteiger partial charge in [0.15, 0.2) is 13.2 Å². The monoisotopic (exact) mass is 313 g/mol. The van der Waals surface area contributed by atoms with Gasteiger partial charge in [-0.05, 0) is 45.4 Å². The summed E-state index contributed by atoms with van der Waals surface area (Å²) in [7, 11) is 0. The van der Waals surface area contributed by atoms with E-state index in [4.69, 9.17) is 21.1 Å². The van der Waals surface area contributed by atoms with Crippen molar-refractivity contribution in [3.8, 4) is 5.75 Å². The van der Waals surface area contributed by atoms with E-state index in [9.17, 15) is 9.59 Å². The Labute approximate surface area is 129 Å². The SMILES string of the molecule is Cc1ccc(Cl)c(OCC(=O)OCC(=O)NC(C)(C)C)c1. The molecule has 0 radical (unpaired) electrons. The smallest absolute Gasteiger partial charge is 0.344 e. The second-order valence-electron chi connectivity index (χ2n) is 5.68. The van der Waals surface area contributed by atoms with E-state index in [0.29, 0.717) is 10.8 Å². The van der Waals surface area contributed by atoms with Gasteiger partial charge in [0.25, 0.3) is 5.91 Å². The summed E-state index contributed by atoms with van der Waals surface area (Å²) in [5.41, 5.74) is 0.599. The first-order chi connectivity index (χ1) is 9.67. The van der Waals surface area contributed by atoms with Crippen molar-refractivity contribution in [3.63, 3.8) is 0 Å². The fraction of sp³-hybridized carbons (Fsp3) is 0.467. The third-order valence-corrected chi connectivity index (χ3v) is 2.62. The maximum absolute atomic E-state index is 11.5. The van der Waals surface area contributed by atoms with Gasteiger partial charge in [-0.1, -0.05) is 17.7 Å². The number of ether oxygens (including phenoxy) is 2. The molecule has 0 saturated carbocycles. The van der Waals surface area contributed by atoms with Gasteiger partial charge < -0.3 is 14.8 Å². The van der Waals surface area contributed by atoms with Crippen LogP contribution in [0.4, 0.5) is 0 Å². The molecule has 21 heavy (non-hydrogen) atoms. The van der Waals surface area contributed by atoms with Crippen molar-refractivity contribution < 1.29 is 19.1 Å². The van der Waals surface area contributed by atoms with Crippen molar-refractivity contribution in [2.75, 3.05) is 13.2 Å². The summed E-state index contributed by atoms with van der Waals surface area (Å²) in [5, 5.41) is 3.10. The Morgan fingerprint density at radius 3 is 2.52 bits per heavy atom. The number of amides is 1. The highest BCUT2D eigenvalue weighted by atomic mass is 35.5. The summed E-state index contributed by atoms with van der Waals surface area (Å²) in [6, 6.07) is 5.25. The lowest BCUT2D eigenvalue weighted by molar-refractivity contribution is -0.150. The van der Waals surface area contributed by atoms with Crippen LogP contribution in [0.2, 0.25) is 5.02 Å². The number of rotatable bonds is 5. The molecule has 116 valence electrons. The topological polar surface area (TPSA) is 64.6 Å². The second-order valence-corrected chi connectivity index (χ2v) is 6.09. The Balaban J connectivity index is 2.38. The number of aryl methyl sites for hydroxylation is 1. The van der Waals surface area contributed by atoms with E-state index in [0.717, 1.165) is 5.56 Å². The third kappa shape index (κ3) is 6.99. The molecule has 1 aromatic carbocycles. The van der Waals surface area contributed by atoms with E-state index in [1.807, 2.05) is 33.8 Å². The molecule has 6 heteroatoms. The van der Waals surface area contributed by atoms with E-state index in [1.165, 1.54) is 0 Å². The number of carbonyl (C=O) groups excluding carboxylic acids is 2. The predicted molar refractivity (Wildman–Crippen MR) is 80.5 cm³/mol. The van der Waals surface area contributed by atoms with Crippen LogP contribution >= 0.6 is 11.6 Å². The zero-order valence-corrected chi connectivity index (χ0v) is 13.4. The van der Waals surface area contributed by atoms with Crippen molar-refractivity contribution in [2.24, 2.45) is 0 Å². The lowest BCUT2D eigenvalue weighted by Gasteiger charge is -2.20. The summed E-state index contributed by atoms with van der Waals surface area (Å²) in [4.78, 5) is 23.0. The van der Waals surface area contributed by atoms with Crippen LogP contribution < -0.4 is 10.1 Å². The van der Waals surface area contributed by atoms with Crippen LogP contribution in [0.15, 0.2) is 18.2 Å². The lowest BCUT2D eigenvalue weighted by atomic mass is 10.1. The maximum atomic E-state index is 11.5. The Morgan fingerprint density at radius 1 is 1.24 bits per heavy atom. The van der Waals surface area contributed by atoms with E-state index in [-0.39, 0.29) is 24.7 Å². The van der Waals surface area contributed by atoms with Crippen LogP contribution in [0.5, 0.6) is 5.75 Å². The van der Waals surface area contributed by atoms with E-state index >= 15 is 0 Å². The van der Waals surface area contributed by atoms with Gasteiger partial charge in [0.05, 0.1) is 5.02 Å². The molecule has 0 aliphatic carbocycles. The second kappa shape index (κ2) is 7.31. The number of esters is 1. The molecule has 5 nitrogen and oxygen atoms in total. The average Bonchev–Trinajstić information content (AvgIpc) is 2.35. The van der Waals surface area contributed by atoms with Crippen LogP contribution in [0, 0.1) is 6.92 Å². The molecule has 0 aromatic heterocycles. The highest BCUT2D eigenvalue weighted by Gasteiger charge is 2.15. The minimum atomic E-state index is -0.628. The summed E-state index contributed by atoms with van der Waals surface area (Å²) < 4.78 is 10.1. The molecule has 0 atom stereocenters. The van der Waals surface area contributed by atoms with Crippen LogP contribution in [0.3, 0.4) is 0 Å². The largest absolute Gasteiger partial charge is 0.480 e. The quantitative estimate of drug-likeness (QED) is 0.848. The van der Waals surface area contributed by atoms with E-state index in [1.54, 1.807) is 12.1 Å². The highest BCUT2D eigenvalue weighted by molar-refractivity contribution is 6.32. The third-order valence-electron chi connectivity index (χ3n) is 2.31. The predicted octanol–water partition coefficient (Wildman–Crippen LogP) is 2.49. The summed E-state index contributed by atoms with van der Waals surface area (Å²) in [6.45, 7) is 6.78. The first-order valence-corrected chi connectivity index (χ1v) is 6.91. The zero-order valence-electron chi connectivity index (χ0n) is 12.7. The summed E-state index contributed by atoms with van der Waals surface area (Å²) in [6.07, 6.45) is 0. The molecule has 0 fully saturated rings. The number of hydrogen-bond donors (Lipinski definition) is 1. The molecule has 1 aromatic rings. The van der Waals surface area contributed by atoms with Gasteiger partial charge in [0.1, 0.15) is 5.75 Å². The molecule has 0 heterocycles. The molecular formula is C15H20ClNO4. The Bertz CT molecular complexity index is 523. The molecule has 1 amide bonds. The fourth-order valence-electron chi connectivity index (χ4n) is 1.50. The fourth-order valence-corrected chi connectivity index (χ4v) is 1.67. The first-order valence-electron chi connectivity index (χ1n) is 6.53. The molecule has 0 bridgehead atoms. The molecule has 0 aliphatic rings. The number of carbonyl (C=O) groups is 2. The Kier molecular flexibility index (Phi) is 6.03. The van der Waals surface area contributed by atoms with Crippen molar-refractivity contribution in [1.82, 2.24) is 5.32 Å². The van der Waals surface area contributed by atoms with Gasteiger partial charge in [-0.25, -0.2) is 4.79 Å². The number of halogens is 1. The van der Waals surface area contributed by atoms with Gasteiger partial charge in [-0.2, -0.15) is 0 Å². The van der Waals surface area contributed by atoms with E-state index in [2.05, 4.69) is 5.32 Å². The Hall–Kier alpha value is -1.75. The molecule has 0 saturated heterocycles. The average molecular weight is 314 g/mol. The van der Waals surface area contributed by atoms with Crippen LogP contribution in [0.1, 0.15) is 26.3 Å². The molecular weight excluding hydrogens is 294 g/mol. The van der Waals surface area contributed by atoms with E-state index < -0.39 is 5.97 Å². The maximum Gasteiger partial charge on any atom is 0.344 e. The normalized spacial score (nSPS) is 10.9. The van der Waals surface area contributed by atoms with Crippen LogP contribution in [0.25, 0.3) is 0 Å². The lowest BCUT2D eigenvalue weighted by Crippen LogP contribution is -2.43. The minimum absolute atomic E-state index is 0.300. The van der Waals surface area contributed by atoms with Gasteiger partial charge in [0.2, 0.25) is 0 Å². The van der Waals surface area contributed by atoms with Gasteiger partial charge >= 0.3 is 5.97 Å². The van der Waals surface area contributed by atoms with Crippen molar-refractivity contribution >= 4 is 23.5 Å². The molecule has 0 aliphatic heterocycles. The van der Waals surface area contributed by atoms with Crippen LogP contribution in [-0.4, -0.2) is 30.6 Å². The van der Waals surface area contributed by atoms with Crippen molar-refractivity contribution in [2.45, 2.75) is 33.2 Å². The molecule has 0 unspecified atom stereocenters. The first kappa shape index (κ1) is 17.3. The van der Waals surface area contributed by atoms with Gasteiger partial charge in [-0.3, -0.25) is 4.79 Å². The number of nitrogens with one attached hydrogen (secondary N) is 1. The standard InChI is InChI=1S/C15H20ClNO4/c1-10-5-6-11(16)12(7-10)20-9-14(19)21-8-13(18)17-15(2,3)4/h5-7H,8-9H2,1-4H3,(H,17,18). The van der Waals surface area contributed by atoms with Gasteiger partial charge in [-0.15, -0.1) is 0 Å². The molecule has 1 rings (SSSR count).